The quantitative estimate of drug-likeness (QED) is 0.124. The molecule has 0 bridgehead atoms. The van der Waals surface area contributed by atoms with Gasteiger partial charge in [-0.3, -0.25) is 10.7 Å². The summed E-state index contributed by atoms with van der Waals surface area (Å²) < 4.78 is 4.18. The lowest BCUT2D eigenvalue weighted by Crippen LogP contribution is -2.44. The van der Waals surface area contributed by atoms with Gasteiger partial charge in [0.25, 0.3) is 0 Å². The zero-order valence-electron chi connectivity index (χ0n) is 20.1. The Morgan fingerprint density at radius 3 is 2.48 bits per heavy atom. The molecule has 0 aliphatic carbocycles. The van der Waals surface area contributed by atoms with Gasteiger partial charge in [0.1, 0.15) is 0 Å². The summed E-state index contributed by atoms with van der Waals surface area (Å²) in [4.78, 5) is 20.8. The molecule has 0 aromatic carbocycles. The number of rotatable bonds is 13. The van der Waals surface area contributed by atoms with E-state index in [-0.39, 0.29) is 24.1 Å². The van der Waals surface area contributed by atoms with Gasteiger partial charge in [-0.05, 0) is 48.9 Å². The minimum atomic E-state index is -0.263. The minimum Gasteiger partial charge on any atom is -0.334 e. The molecule has 1 aromatic rings. The van der Waals surface area contributed by atoms with E-state index in [0.29, 0.717) is 27.4 Å². The van der Waals surface area contributed by atoms with Gasteiger partial charge in [-0.25, -0.2) is 15.1 Å². The van der Waals surface area contributed by atoms with E-state index in [2.05, 4.69) is 78.9 Å². The molecular formula is C21H41N5O3S2. The Hall–Kier alpha value is -1.10. The first-order valence-electron chi connectivity index (χ1n) is 10.9. The lowest BCUT2D eigenvalue weighted by Gasteiger charge is -2.27. The van der Waals surface area contributed by atoms with Crippen LogP contribution in [0.2, 0.25) is 0 Å². The Bertz CT molecular complexity index is 644. The van der Waals surface area contributed by atoms with E-state index in [0.717, 1.165) is 37.2 Å². The average molecular weight is 476 g/mol. The third kappa shape index (κ3) is 14.6. The number of nitrogens with zero attached hydrogens (tertiary/aromatic N) is 2. The maximum atomic E-state index is 12.5. The molecule has 180 valence electrons. The molecule has 1 rings (SSSR count). The molecule has 2 amide bonds. The standard InChI is InChI=1S/C21H41N5O3S2/c1-15(14-21(5,6)7)8-9-16(10-11-20(2,3)4)22-17(27)24-25-18-23-19(26-31-18)30-13-12-29-28/h15-16,28H,8-14H2,1-7H3,(H2,22,24,27)(H,23,25,26). The van der Waals surface area contributed by atoms with Crippen LogP contribution < -0.4 is 16.2 Å². The van der Waals surface area contributed by atoms with E-state index >= 15 is 0 Å². The maximum absolute atomic E-state index is 12.5. The van der Waals surface area contributed by atoms with E-state index in [9.17, 15) is 4.79 Å². The highest BCUT2D eigenvalue weighted by Crippen LogP contribution is 2.28. The largest absolute Gasteiger partial charge is 0.334 e. The Labute approximate surface area is 195 Å². The van der Waals surface area contributed by atoms with Gasteiger partial charge in [0.05, 0.1) is 6.61 Å². The molecule has 10 heteroatoms. The fourth-order valence-corrected chi connectivity index (χ4v) is 4.66. The molecule has 4 N–H and O–H groups in total. The number of thioether (sulfide) groups is 1. The predicted molar refractivity (Wildman–Crippen MR) is 129 cm³/mol. The topological polar surface area (TPSA) is 108 Å². The van der Waals surface area contributed by atoms with Crippen LogP contribution in [0.4, 0.5) is 9.93 Å². The van der Waals surface area contributed by atoms with E-state index in [1.54, 1.807) is 0 Å². The molecule has 0 saturated heterocycles. The molecule has 0 aliphatic heterocycles. The van der Waals surface area contributed by atoms with Crippen molar-refractivity contribution < 1.29 is 14.9 Å². The van der Waals surface area contributed by atoms with Crippen molar-refractivity contribution in [3.05, 3.63) is 0 Å². The average Bonchev–Trinajstić information content (AvgIpc) is 3.08. The normalized spacial score (nSPS) is 14.2. The van der Waals surface area contributed by atoms with Gasteiger partial charge in [0.15, 0.2) is 0 Å². The summed E-state index contributed by atoms with van der Waals surface area (Å²) in [6, 6.07) is -0.136. The Kier molecular flexibility index (Phi) is 12.1. The van der Waals surface area contributed by atoms with E-state index in [1.165, 1.54) is 18.2 Å². The number of aromatic nitrogens is 2. The molecule has 8 nitrogen and oxygen atoms in total. The van der Waals surface area contributed by atoms with Crippen molar-refractivity contribution in [3.8, 4) is 0 Å². The number of nitrogens with one attached hydrogen (secondary N) is 3. The van der Waals surface area contributed by atoms with Crippen LogP contribution in [0, 0.1) is 16.7 Å². The van der Waals surface area contributed by atoms with Gasteiger partial charge in [-0.1, -0.05) is 60.2 Å². The van der Waals surface area contributed by atoms with E-state index in [4.69, 9.17) is 5.26 Å². The third-order valence-electron chi connectivity index (χ3n) is 4.64. The van der Waals surface area contributed by atoms with Crippen molar-refractivity contribution in [2.45, 2.75) is 91.8 Å². The second-order valence-corrected chi connectivity index (χ2v) is 12.3. The summed E-state index contributed by atoms with van der Waals surface area (Å²) in [5.41, 5.74) is 6.03. The van der Waals surface area contributed by atoms with Crippen molar-refractivity contribution in [2.75, 3.05) is 17.8 Å². The smallest absolute Gasteiger partial charge is 0.333 e. The number of amides is 2. The van der Waals surface area contributed by atoms with Gasteiger partial charge < -0.3 is 5.32 Å². The molecule has 0 radical (unpaired) electrons. The SMILES string of the molecule is CC(CCC(CCC(C)(C)C)NC(=O)NNc1nc(SCCOO)ns1)CC(C)(C)C. The minimum absolute atomic E-state index is 0.127. The Morgan fingerprint density at radius 1 is 1.16 bits per heavy atom. The molecule has 2 atom stereocenters. The van der Waals surface area contributed by atoms with Crippen LogP contribution >= 0.6 is 23.3 Å². The van der Waals surface area contributed by atoms with Gasteiger partial charge in [-0.2, -0.15) is 9.36 Å². The first kappa shape index (κ1) is 27.9. The van der Waals surface area contributed by atoms with Crippen LogP contribution in [-0.4, -0.2) is 39.0 Å². The fraction of sp³-hybridized carbons (Fsp3) is 0.857. The number of hydrazine groups is 1. The van der Waals surface area contributed by atoms with Crippen LogP contribution in [0.1, 0.15) is 80.6 Å². The molecule has 0 saturated carbocycles. The van der Waals surface area contributed by atoms with Crippen LogP contribution in [0.15, 0.2) is 5.16 Å². The number of carbonyl (C=O) groups is 1. The van der Waals surface area contributed by atoms with Crippen molar-refractivity contribution in [2.24, 2.45) is 16.7 Å². The third-order valence-corrected chi connectivity index (χ3v) is 6.20. The van der Waals surface area contributed by atoms with E-state index in [1.807, 2.05) is 0 Å². The summed E-state index contributed by atoms with van der Waals surface area (Å²) in [5, 5.41) is 12.5. The van der Waals surface area contributed by atoms with Gasteiger partial charge in [0.2, 0.25) is 10.3 Å². The molecule has 2 unspecified atom stereocenters. The molecule has 31 heavy (non-hydrogen) atoms. The Balaban J connectivity index is 2.51. The van der Waals surface area contributed by atoms with E-state index < -0.39 is 0 Å². The number of hydrogen-bond donors (Lipinski definition) is 4. The highest BCUT2D eigenvalue weighted by Gasteiger charge is 2.20. The highest BCUT2D eigenvalue weighted by molar-refractivity contribution is 7.99. The Morgan fingerprint density at radius 2 is 1.87 bits per heavy atom. The summed E-state index contributed by atoms with van der Waals surface area (Å²) in [6.07, 6.45) is 5.23. The number of carbonyl (C=O) groups excluding carboxylic acids is 1. The zero-order valence-corrected chi connectivity index (χ0v) is 21.7. The summed E-state index contributed by atoms with van der Waals surface area (Å²) in [5.74, 6) is 1.16. The van der Waals surface area contributed by atoms with Gasteiger partial charge in [0, 0.05) is 23.3 Å². The van der Waals surface area contributed by atoms with Gasteiger partial charge in [-0.15, -0.1) is 0 Å². The number of urea groups is 1. The lowest BCUT2D eigenvalue weighted by atomic mass is 9.82. The predicted octanol–water partition coefficient (Wildman–Crippen LogP) is 5.79. The number of anilines is 1. The van der Waals surface area contributed by atoms with Crippen molar-refractivity contribution in [1.82, 2.24) is 20.1 Å². The van der Waals surface area contributed by atoms with Crippen LogP contribution in [0.25, 0.3) is 0 Å². The monoisotopic (exact) mass is 475 g/mol. The van der Waals surface area contributed by atoms with Crippen LogP contribution in [0.5, 0.6) is 0 Å². The maximum Gasteiger partial charge on any atom is 0.333 e. The van der Waals surface area contributed by atoms with Crippen molar-refractivity contribution in [3.63, 3.8) is 0 Å². The first-order chi connectivity index (χ1) is 14.4. The van der Waals surface area contributed by atoms with Crippen molar-refractivity contribution in [1.29, 1.82) is 0 Å². The molecule has 1 aromatic heterocycles. The van der Waals surface area contributed by atoms with Crippen LogP contribution in [0.3, 0.4) is 0 Å². The zero-order chi connectivity index (χ0) is 23.5. The summed E-state index contributed by atoms with van der Waals surface area (Å²) in [6.45, 7) is 16.0. The van der Waals surface area contributed by atoms with Crippen molar-refractivity contribution >= 4 is 34.5 Å². The lowest BCUT2D eigenvalue weighted by molar-refractivity contribution is -0.236. The fourth-order valence-electron chi connectivity index (χ4n) is 3.35. The number of hydrogen-bond acceptors (Lipinski definition) is 8. The summed E-state index contributed by atoms with van der Waals surface area (Å²) in [7, 11) is 0. The molecule has 1 heterocycles. The molecular weight excluding hydrogens is 434 g/mol. The van der Waals surface area contributed by atoms with Crippen LogP contribution in [-0.2, 0) is 4.89 Å². The highest BCUT2D eigenvalue weighted by atomic mass is 32.2. The molecule has 0 spiro atoms. The summed E-state index contributed by atoms with van der Waals surface area (Å²) >= 11 is 2.53. The van der Waals surface area contributed by atoms with Gasteiger partial charge >= 0.3 is 6.03 Å². The molecule has 0 fully saturated rings. The first-order valence-corrected chi connectivity index (χ1v) is 12.7. The molecule has 0 aliphatic rings. The second-order valence-electron chi connectivity index (χ2n) is 10.5. The second kappa shape index (κ2) is 13.4.